The Kier molecular flexibility index (Phi) is 8.89. The van der Waals surface area contributed by atoms with Crippen molar-refractivity contribution in [2.75, 3.05) is 19.4 Å². The number of nitrogens with one attached hydrogen (secondary N) is 1. The summed E-state index contributed by atoms with van der Waals surface area (Å²) in [6, 6.07) is 12.8. The van der Waals surface area contributed by atoms with Crippen LogP contribution in [0.25, 0.3) is 45.0 Å². The normalized spacial score (nSPS) is 13.6. The summed E-state index contributed by atoms with van der Waals surface area (Å²) in [6.07, 6.45) is -2.13. The quantitative estimate of drug-likeness (QED) is 0.114. The largest absolute Gasteiger partial charge is 0.586 e. The zero-order valence-corrected chi connectivity index (χ0v) is 26.8. The number of hydrogen-bond acceptors (Lipinski definition) is 9. The van der Waals surface area contributed by atoms with Gasteiger partial charge in [0.05, 0.1) is 18.9 Å². The summed E-state index contributed by atoms with van der Waals surface area (Å²) in [5.74, 6) is -6.51. The molecule has 0 saturated carbocycles. The molecule has 1 aliphatic heterocycles. The van der Waals surface area contributed by atoms with Gasteiger partial charge >= 0.3 is 12.2 Å². The molecule has 0 bridgehead atoms. The van der Waals surface area contributed by atoms with Crippen LogP contribution in [0.3, 0.4) is 0 Å². The molecule has 3 aromatic carbocycles. The third-order valence-electron chi connectivity index (χ3n) is 7.70. The lowest BCUT2D eigenvalue weighted by molar-refractivity contribution is -0.286. The van der Waals surface area contributed by atoms with E-state index in [0.29, 0.717) is 27.1 Å². The zero-order valence-electron chi connectivity index (χ0n) is 26.0. The first kappa shape index (κ1) is 34.0. The molecular weight excluding hydrogens is 675 g/mol. The lowest BCUT2D eigenvalue weighted by Gasteiger charge is -2.14. The Bertz CT molecular complexity index is 2080. The van der Waals surface area contributed by atoms with Crippen LogP contribution in [0.1, 0.15) is 17.1 Å². The smallest absolute Gasteiger partial charge is 0.440 e. The molecule has 256 valence electrons. The highest BCUT2D eigenvalue weighted by atomic mass is 32.2. The summed E-state index contributed by atoms with van der Waals surface area (Å²) in [4.78, 5) is 17.2. The van der Waals surface area contributed by atoms with Gasteiger partial charge < -0.3 is 29.4 Å². The number of aryl methyl sites for hydroxylation is 2. The minimum Gasteiger partial charge on any atom is -0.440 e. The molecule has 49 heavy (non-hydrogen) atoms. The predicted octanol–water partition coefficient (Wildman–Crippen LogP) is 6.26. The minimum atomic E-state index is -4.06. The van der Waals surface area contributed by atoms with Gasteiger partial charge in [-0.25, -0.2) is 9.37 Å². The van der Waals surface area contributed by atoms with E-state index in [4.69, 9.17) is 9.52 Å². The molecule has 10 nitrogen and oxygen atoms in total. The van der Waals surface area contributed by atoms with Crippen molar-refractivity contribution in [1.29, 1.82) is 0 Å². The number of benzene rings is 3. The van der Waals surface area contributed by atoms with Crippen molar-refractivity contribution in [2.45, 2.75) is 30.6 Å². The molecule has 16 heteroatoms. The molecule has 5 aromatic rings. The predicted molar refractivity (Wildman–Crippen MR) is 168 cm³/mol. The summed E-state index contributed by atoms with van der Waals surface area (Å²) in [5.41, 5.74) is 1.32. The molecule has 3 heterocycles. The van der Waals surface area contributed by atoms with Crippen LogP contribution >= 0.6 is 11.8 Å². The number of carbonyl (C=O) groups is 1. The van der Waals surface area contributed by atoms with Crippen molar-refractivity contribution < 1.29 is 50.9 Å². The summed E-state index contributed by atoms with van der Waals surface area (Å²) in [5, 5.41) is 24.5. The van der Waals surface area contributed by atoms with E-state index in [0.717, 1.165) is 10.7 Å². The van der Waals surface area contributed by atoms with Crippen molar-refractivity contribution >= 4 is 17.7 Å². The number of fused-ring (bicyclic) bond motifs is 1. The van der Waals surface area contributed by atoms with Gasteiger partial charge in [0.1, 0.15) is 17.2 Å². The van der Waals surface area contributed by atoms with Crippen LogP contribution in [0, 0.1) is 12.7 Å². The summed E-state index contributed by atoms with van der Waals surface area (Å²) in [6.45, 7) is 0.114. The Morgan fingerprint density at radius 1 is 1.00 bits per heavy atom. The summed E-state index contributed by atoms with van der Waals surface area (Å²) >= 11 is 1.24. The molecular formula is C33H27F5N4O6S. The lowest BCUT2D eigenvalue weighted by atomic mass is 9.93. The first-order chi connectivity index (χ1) is 23.3. The summed E-state index contributed by atoms with van der Waals surface area (Å²) in [7, 11) is 1.40. The average Bonchev–Trinajstić information content (AvgIpc) is 3.75. The number of hydrogen-bond donors (Lipinski definition) is 3. The molecule has 3 N–H and O–H groups in total. The second kappa shape index (κ2) is 12.8. The number of alkyl halides is 4. The third kappa shape index (κ3) is 6.34. The first-order valence-electron chi connectivity index (χ1n) is 14.6. The van der Waals surface area contributed by atoms with E-state index in [9.17, 15) is 18.7 Å². The molecule has 1 amide bonds. The van der Waals surface area contributed by atoms with E-state index >= 15 is 13.2 Å². The number of aliphatic hydroxyl groups excluding tert-OH is 2. The van der Waals surface area contributed by atoms with Crippen molar-refractivity contribution in [3.05, 3.63) is 77.6 Å². The van der Waals surface area contributed by atoms with E-state index in [2.05, 4.69) is 19.6 Å². The molecule has 2 aromatic heterocycles. The number of amides is 1. The third-order valence-corrected chi connectivity index (χ3v) is 8.50. The van der Waals surface area contributed by atoms with Crippen molar-refractivity contribution in [3.63, 3.8) is 0 Å². The number of thioether (sulfide) groups is 1. The van der Waals surface area contributed by atoms with Crippen LogP contribution in [0.4, 0.5) is 22.0 Å². The Balaban J connectivity index is 1.55. The Labute approximate surface area is 279 Å². The number of rotatable bonds is 10. The number of oxazole rings is 1. The molecule has 0 aliphatic carbocycles. The van der Waals surface area contributed by atoms with Gasteiger partial charge in [-0.1, -0.05) is 12.1 Å². The van der Waals surface area contributed by atoms with Crippen LogP contribution in [-0.4, -0.2) is 56.6 Å². The number of ether oxygens (including phenoxy) is 2. The van der Waals surface area contributed by atoms with E-state index in [1.807, 2.05) is 5.32 Å². The van der Waals surface area contributed by atoms with Gasteiger partial charge in [0.15, 0.2) is 23.1 Å². The van der Waals surface area contributed by atoms with Gasteiger partial charge in [-0.2, -0.15) is 13.9 Å². The first-order valence-corrected chi connectivity index (χ1v) is 15.8. The minimum absolute atomic E-state index is 0.104. The van der Waals surface area contributed by atoms with Gasteiger partial charge in [0.2, 0.25) is 0 Å². The van der Waals surface area contributed by atoms with Gasteiger partial charge in [0.25, 0.3) is 5.91 Å². The number of carbonyl (C=O) groups excluding carboxylic acids is 1. The Morgan fingerprint density at radius 2 is 1.73 bits per heavy atom. The second-order valence-corrected chi connectivity index (χ2v) is 11.7. The number of halogens is 5. The highest BCUT2D eigenvalue weighted by Gasteiger charge is 2.45. The van der Waals surface area contributed by atoms with Crippen LogP contribution < -0.4 is 14.8 Å². The standard InChI is InChI=1S/C33H27F5N4O6S/c1-16-40-29(18-5-7-25-26(12-18)48-33(37,38)47-25)30(46-16)21-10-17(19-11-23(34)22(15-44)27(13-19)49-3)4-6-20(21)24-14-28(41-42(24)2)32(35,36)31(45)39-8-9-43/h4-7,10-14,43-44H,8-9,15H2,1-3H3,(H,39,45). The van der Waals surface area contributed by atoms with Gasteiger partial charge in [-0.15, -0.1) is 20.5 Å². The number of aliphatic hydroxyl groups is 2. The fourth-order valence-electron chi connectivity index (χ4n) is 5.42. The molecule has 0 saturated heterocycles. The van der Waals surface area contributed by atoms with Crippen molar-refractivity contribution in [3.8, 4) is 56.5 Å². The number of aromatic nitrogens is 3. The Morgan fingerprint density at radius 3 is 2.45 bits per heavy atom. The second-order valence-electron chi connectivity index (χ2n) is 10.9. The van der Waals surface area contributed by atoms with E-state index in [-0.39, 0.29) is 52.2 Å². The van der Waals surface area contributed by atoms with Crippen molar-refractivity contribution in [1.82, 2.24) is 20.1 Å². The van der Waals surface area contributed by atoms with Crippen LogP contribution in [-0.2, 0) is 24.4 Å². The molecule has 0 spiro atoms. The lowest BCUT2D eigenvalue weighted by Crippen LogP contribution is -2.39. The van der Waals surface area contributed by atoms with Crippen LogP contribution in [0.15, 0.2) is 63.9 Å². The topological polar surface area (TPSA) is 132 Å². The van der Waals surface area contributed by atoms with Gasteiger partial charge in [-0.05, 0) is 59.8 Å². The average molecular weight is 703 g/mol. The number of nitrogens with zero attached hydrogens (tertiary/aromatic N) is 3. The highest BCUT2D eigenvalue weighted by Crippen LogP contribution is 2.46. The highest BCUT2D eigenvalue weighted by molar-refractivity contribution is 7.98. The van der Waals surface area contributed by atoms with E-state index in [1.54, 1.807) is 37.4 Å². The van der Waals surface area contributed by atoms with Crippen LogP contribution in [0.2, 0.25) is 0 Å². The van der Waals surface area contributed by atoms with E-state index in [1.165, 1.54) is 43.1 Å². The fourth-order valence-corrected chi connectivity index (χ4v) is 6.07. The molecule has 0 atom stereocenters. The molecule has 0 radical (unpaired) electrons. The maximum Gasteiger partial charge on any atom is 0.586 e. The molecule has 6 rings (SSSR count). The van der Waals surface area contributed by atoms with E-state index < -0.39 is 42.8 Å². The summed E-state index contributed by atoms with van der Waals surface area (Å²) < 4.78 is 89.5. The monoisotopic (exact) mass is 702 g/mol. The van der Waals surface area contributed by atoms with Crippen molar-refractivity contribution in [2.24, 2.45) is 7.05 Å². The SMILES string of the molecule is CSc1cc(-c2ccc(-c3cc(C(F)(F)C(=O)NCCO)nn3C)c(-c3oc(C)nc3-c3ccc4c(c3)OC(F)(F)O4)c2)cc(F)c1CO. The van der Waals surface area contributed by atoms with Crippen LogP contribution in [0.5, 0.6) is 11.5 Å². The van der Waals surface area contributed by atoms with Gasteiger partial charge in [0, 0.05) is 47.7 Å². The fraction of sp³-hybridized carbons (Fsp3) is 0.242. The molecule has 0 fully saturated rings. The van der Waals surface area contributed by atoms with Gasteiger partial charge in [-0.3, -0.25) is 9.48 Å². The molecule has 0 unspecified atom stereocenters. The maximum atomic E-state index is 15.2. The maximum absolute atomic E-state index is 15.2. The molecule has 1 aliphatic rings. The zero-order chi connectivity index (χ0) is 35.2. The Hall–Kier alpha value is -4.93.